The first-order chi connectivity index (χ1) is 13.5. The molecule has 0 aliphatic carbocycles. The third-order valence-corrected chi connectivity index (χ3v) is 4.84. The van der Waals surface area contributed by atoms with Gasteiger partial charge in [0.15, 0.2) is 13.2 Å². The van der Waals surface area contributed by atoms with Crippen molar-refractivity contribution in [3.63, 3.8) is 0 Å². The van der Waals surface area contributed by atoms with Gasteiger partial charge in [-0.25, -0.2) is 0 Å². The summed E-state index contributed by atoms with van der Waals surface area (Å²) in [6.45, 7) is 1.49. The van der Waals surface area contributed by atoms with E-state index < -0.39 is 11.8 Å². The van der Waals surface area contributed by atoms with E-state index in [9.17, 15) is 9.59 Å². The first-order valence-corrected chi connectivity index (χ1v) is 9.39. The largest absolute Gasteiger partial charge is 0.484 e. The monoisotopic (exact) mass is 442 g/mol. The molecule has 2 N–H and O–H groups in total. The molecule has 0 aromatic heterocycles. The molecule has 0 atom stereocenters. The zero-order chi connectivity index (χ0) is 19.9. The van der Waals surface area contributed by atoms with E-state index in [1.54, 1.807) is 12.1 Å². The molecule has 0 fully saturated rings. The number of benzene rings is 3. The highest BCUT2D eigenvalue weighted by molar-refractivity contribution is 9.10. The Labute approximate surface area is 170 Å². The first-order valence-electron chi connectivity index (χ1n) is 8.60. The van der Waals surface area contributed by atoms with Crippen LogP contribution in [0.2, 0.25) is 0 Å². The maximum Gasteiger partial charge on any atom is 0.276 e. The van der Waals surface area contributed by atoms with Crippen molar-refractivity contribution >= 4 is 38.5 Å². The number of halogens is 1. The van der Waals surface area contributed by atoms with E-state index in [4.69, 9.17) is 9.47 Å². The quantitative estimate of drug-likeness (QED) is 0.572. The van der Waals surface area contributed by atoms with Gasteiger partial charge >= 0.3 is 0 Å². The maximum absolute atomic E-state index is 11.9. The number of rotatable bonds is 6. The van der Waals surface area contributed by atoms with Gasteiger partial charge in [-0.15, -0.1) is 0 Å². The summed E-state index contributed by atoms with van der Waals surface area (Å²) in [7, 11) is 0. The van der Waals surface area contributed by atoms with E-state index in [0.29, 0.717) is 11.5 Å². The number of nitrogens with one attached hydrogen (secondary N) is 2. The van der Waals surface area contributed by atoms with Crippen LogP contribution in [0, 0.1) is 6.92 Å². The van der Waals surface area contributed by atoms with Crippen molar-refractivity contribution in [2.75, 3.05) is 13.2 Å². The average Bonchev–Trinajstić information content (AvgIpc) is 2.71. The lowest BCUT2D eigenvalue weighted by molar-refractivity contribution is -0.130. The normalized spacial score (nSPS) is 10.4. The van der Waals surface area contributed by atoms with Crippen LogP contribution < -0.4 is 20.3 Å². The van der Waals surface area contributed by atoms with Crippen LogP contribution >= 0.6 is 15.9 Å². The van der Waals surface area contributed by atoms with Crippen LogP contribution in [0.1, 0.15) is 5.56 Å². The Morgan fingerprint density at radius 2 is 1.57 bits per heavy atom. The number of amides is 2. The third-order valence-electron chi connectivity index (χ3n) is 3.95. The van der Waals surface area contributed by atoms with Gasteiger partial charge in [-0.2, -0.15) is 0 Å². The van der Waals surface area contributed by atoms with E-state index in [1.807, 2.05) is 55.5 Å². The van der Waals surface area contributed by atoms with Crippen LogP contribution in [0.25, 0.3) is 10.8 Å². The molecule has 3 aromatic carbocycles. The summed E-state index contributed by atoms with van der Waals surface area (Å²) in [5.74, 6) is 0.231. The van der Waals surface area contributed by atoms with Crippen LogP contribution in [0.3, 0.4) is 0 Å². The Hall–Kier alpha value is -3.06. The molecule has 144 valence electrons. The number of ether oxygens (including phenoxy) is 2. The summed E-state index contributed by atoms with van der Waals surface area (Å²) in [4.78, 5) is 23.7. The number of carbonyl (C=O) groups is 2. The molecule has 7 heteroatoms. The SMILES string of the molecule is Cc1cc(OCC(=O)NNC(=O)COc2cccc3ccccc23)ccc1Br. The molecule has 28 heavy (non-hydrogen) atoms. The van der Waals surface area contributed by atoms with Gasteiger partial charge in [0.2, 0.25) is 0 Å². The van der Waals surface area contributed by atoms with Gasteiger partial charge in [0.05, 0.1) is 0 Å². The van der Waals surface area contributed by atoms with Crippen molar-refractivity contribution in [1.82, 2.24) is 10.9 Å². The second kappa shape index (κ2) is 9.23. The number of carbonyl (C=O) groups excluding carboxylic acids is 2. The average molecular weight is 443 g/mol. The molecule has 0 bridgehead atoms. The highest BCUT2D eigenvalue weighted by atomic mass is 79.9. The van der Waals surface area contributed by atoms with Crippen LogP contribution in [-0.2, 0) is 9.59 Å². The van der Waals surface area contributed by atoms with E-state index in [-0.39, 0.29) is 13.2 Å². The maximum atomic E-state index is 11.9. The summed E-state index contributed by atoms with van der Waals surface area (Å²) in [5, 5.41) is 1.94. The van der Waals surface area contributed by atoms with Gasteiger partial charge in [-0.1, -0.05) is 52.3 Å². The Kier molecular flexibility index (Phi) is 6.49. The van der Waals surface area contributed by atoms with Crippen molar-refractivity contribution in [3.8, 4) is 11.5 Å². The zero-order valence-corrected chi connectivity index (χ0v) is 16.8. The lowest BCUT2D eigenvalue weighted by Crippen LogP contribution is -2.45. The zero-order valence-electron chi connectivity index (χ0n) is 15.2. The summed E-state index contributed by atoms with van der Waals surface area (Å²) < 4.78 is 11.9. The fourth-order valence-electron chi connectivity index (χ4n) is 2.53. The smallest absolute Gasteiger partial charge is 0.276 e. The molecule has 3 rings (SSSR count). The lowest BCUT2D eigenvalue weighted by Gasteiger charge is -2.11. The van der Waals surface area contributed by atoms with E-state index >= 15 is 0 Å². The Morgan fingerprint density at radius 3 is 2.32 bits per heavy atom. The predicted octanol–water partition coefficient (Wildman–Crippen LogP) is 3.52. The number of hydrogen-bond acceptors (Lipinski definition) is 4. The van der Waals surface area contributed by atoms with Crippen LogP contribution in [0.15, 0.2) is 65.1 Å². The van der Waals surface area contributed by atoms with Gasteiger partial charge < -0.3 is 9.47 Å². The molecular formula is C21H19BrN2O4. The minimum atomic E-state index is -0.473. The molecule has 0 saturated carbocycles. The van der Waals surface area contributed by atoms with Crippen molar-refractivity contribution in [2.45, 2.75) is 6.92 Å². The molecule has 0 saturated heterocycles. The van der Waals surface area contributed by atoms with E-state index in [1.165, 1.54) is 0 Å². The highest BCUT2D eigenvalue weighted by Crippen LogP contribution is 2.25. The topological polar surface area (TPSA) is 76.7 Å². The van der Waals surface area contributed by atoms with Crippen LogP contribution in [-0.4, -0.2) is 25.0 Å². The van der Waals surface area contributed by atoms with Gasteiger partial charge in [0.25, 0.3) is 11.8 Å². The highest BCUT2D eigenvalue weighted by Gasteiger charge is 2.08. The molecule has 0 unspecified atom stereocenters. The Morgan fingerprint density at radius 1 is 0.893 bits per heavy atom. The molecule has 2 amide bonds. The van der Waals surface area contributed by atoms with Gasteiger partial charge in [0, 0.05) is 9.86 Å². The number of hydrazine groups is 1. The Bertz CT molecular complexity index is 1000. The summed E-state index contributed by atoms with van der Waals surface area (Å²) in [6, 6.07) is 18.8. The molecular weight excluding hydrogens is 424 g/mol. The van der Waals surface area contributed by atoms with E-state index in [0.717, 1.165) is 20.8 Å². The summed E-state index contributed by atoms with van der Waals surface area (Å²) >= 11 is 3.40. The third kappa shape index (κ3) is 5.23. The predicted molar refractivity (Wildman–Crippen MR) is 110 cm³/mol. The van der Waals surface area contributed by atoms with Crippen molar-refractivity contribution in [1.29, 1.82) is 0 Å². The molecule has 0 aliphatic rings. The molecule has 0 spiro atoms. The van der Waals surface area contributed by atoms with Crippen molar-refractivity contribution in [3.05, 3.63) is 70.7 Å². The fourth-order valence-corrected chi connectivity index (χ4v) is 2.78. The Balaban J connectivity index is 1.43. The van der Waals surface area contributed by atoms with Gasteiger partial charge in [0.1, 0.15) is 11.5 Å². The molecule has 6 nitrogen and oxygen atoms in total. The van der Waals surface area contributed by atoms with E-state index in [2.05, 4.69) is 26.8 Å². The molecule has 3 aromatic rings. The molecule has 0 radical (unpaired) electrons. The minimum absolute atomic E-state index is 0.217. The number of aryl methyl sites for hydroxylation is 1. The standard InChI is InChI=1S/C21H19BrN2O4/c1-14-11-16(9-10-18(14)22)27-12-20(25)23-24-21(26)13-28-19-8-4-6-15-5-2-3-7-17(15)19/h2-11H,12-13H2,1H3,(H,23,25)(H,24,26). The lowest BCUT2D eigenvalue weighted by atomic mass is 10.1. The van der Waals surface area contributed by atoms with Gasteiger partial charge in [-0.05, 0) is 42.1 Å². The molecule has 0 heterocycles. The number of fused-ring (bicyclic) bond motifs is 1. The summed E-state index contributed by atoms with van der Waals surface area (Å²) in [5.41, 5.74) is 5.60. The van der Waals surface area contributed by atoms with Crippen LogP contribution in [0.4, 0.5) is 0 Å². The summed E-state index contributed by atoms with van der Waals surface area (Å²) in [6.07, 6.45) is 0. The van der Waals surface area contributed by atoms with Crippen molar-refractivity contribution in [2.24, 2.45) is 0 Å². The van der Waals surface area contributed by atoms with Crippen LogP contribution in [0.5, 0.6) is 11.5 Å². The second-order valence-corrected chi connectivity index (χ2v) is 6.92. The molecule has 0 aliphatic heterocycles. The van der Waals surface area contributed by atoms with Crippen molar-refractivity contribution < 1.29 is 19.1 Å². The number of hydrogen-bond donors (Lipinski definition) is 2. The second-order valence-electron chi connectivity index (χ2n) is 6.06. The fraction of sp³-hybridized carbons (Fsp3) is 0.143. The minimum Gasteiger partial charge on any atom is -0.484 e. The van der Waals surface area contributed by atoms with Gasteiger partial charge in [-0.3, -0.25) is 20.4 Å². The first kappa shape index (κ1) is 19.7.